The van der Waals surface area contributed by atoms with Crippen LogP contribution in [0.4, 0.5) is 11.4 Å². The topological polar surface area (TPSA) is 38.0 Å². The molecule has 0 atom stereocenters. The number of rotatable bonds is 1. The van der Waals surface area contributed by atoms with Gasteiger partial charge in [-0.3, -0.25) is 0 Å². The molecule has 0 spiro atoms. The van der Waals surface area contributed by atoms with Crippen molar-refractivity contribution >= 4 is 23.8 Å². The molecule has 11 heavy (non-hydrogen) atoms. The van der Waals surface area contributed by atoms with Gasteiger partial charge in [0.05, 0.1) is 11.4 Å². The number of halogens is 1. The van der Waals surface area contributed by atoms with Crippen LogP contribution < -0.4 is 11.1 Å². The molecule has 0 aliphatic carbocycles. The van der Waals surface area contributed by atoms with Crippen LogP contribution in [0.3, 0.4) is 0 Å². The van der Waals surface area contributed by atoms with E-state index in [1.165, 1.54) is 5.56 Å². The number of hydrogen-bond acceptors (Lipinski definition) is 2. The highest BCUT2D eigenvalue weighted by molar-refractivity contribution is 5.85. The fraction of sp³-hybridized carbons (Fsp3) is 0.250. The first kappa shape index (κ1) is 10.1. The second kappa shape index (κ2) is 4.09. The van der Waals surface area contributed by atoms with Gasteiger partial charge in [-0.25, -0.2) is 0 Å². The fourth-order valence-electron chi connectivity index (χ4n) is 0.910. The first-order valence-corrected chi connectivity index (χ1v) is 3.28. The Morgan fingerprint density at radius 3 is 2.45 bits per heavy atom. The van der Waals surface area contributed by atoms with Gasteiger partial charge in [-0.1, -0.05) is 6.07 Å². The van der Waals surface area contributed by atoms with E-state index in [9.17, 15) is 0 Å². The minimum absolute atomic E-state index is 0. The van der Waals surface area contributed by atoms with Gasteiger partial charge in [0.25, 0.3) is 0 Å². The standard InChI is InChI=1S/C8H12N2.ClH/c1-6-3-4-8(10-2)7(9)5-6;/h3-5,10H,9H2,1-2H3;1H. The molecule has 3 heteroatoms. The third kappa shape index (κ3) is 2.31. The van der Waals surface area contributed by atoms with Crippen LogP contribution in [0, 0.1) is 6.92 Å². The molecule has 62 valence electrons. The van der Waals surface area contributed by atoms with Crippen LogP contribution in [-0.4, -0.2) is 7.05 Å². The largest absolute Gasteiger partial charge is 0.397 e. The molecular weight excluding hydrogens is 160 g/mol. The van der Waals surface area contributed by atoms with E-state index in [-0.39, 0.29) is 12.4 Å². The highest BCUT2D eigenvalue weighted by Gasteiger charge is 1.93. The van der Waals surface area contributed by atoms with E-state index >= 15 is 0 Å². The Balaban J connectivity index is 0.000001000. The molecule has 1 aromatic rings. The highest BCUT2D eigenvalue weighted by Crippen LogP contribution is 2.17. The molecule has 1 rings (SSSR count). The zero-order valence-corrected chi connectivity index (χ0v) is 7.53. The molecule has 0 fully saturated rings. The van der Waals surface area contributed by atoms with Crippen molar-refractivity contribution in [3.05, 3.63) is 23.8 Å². The minimum Gasteiger partial charge on any atom is -0.397 e. The van der Waals surface area contributed by atoms with Gasteiger partial charge >= 0.3 is 0 Å². The monoisotopic (exact) mass is 172 g/mol. The second-order valence-corrected chi connectivity index (χ2v) is 2.34. The molecule has 0 amide bonds. The van der Waals surface area contributed by atoms with Crippen LogP contribution in [-0.2, 0) is 0 Å². The summed E-state index contributed by atoms with van der Waals surface area (Å²) in [6.45, 7) is 2.02. The number of nitrogens with one attached hydrogen (secondary N) is 1. The molecule has 0 radical (unpaired) electrons. The van der Waals surface area contributed by atoms with Gasteiger partial charge in [0.15, 0.2) is 0 Å². The quantitative estimate of drug-likeness (QED) is 0.637. The minimum atomic E-state index is 0. The summed E-state index contributed by atoms with van der Waals surface area (Å²) in [6, 6.07) is 5.96. The van der Waals surface area contributed by atoms with E-state index in [0.29, 0.717) is 0 Å². The maximum atomic E-state index is 5.67. The molecule has 1 aromatic carbocycles. The third-order valence-corrected chi connectivity index (χ3v) is 1.48. The van der Waals surface area contributed by atoms with Crippen molar-refractivity contribution < 1.29 is 0 Å². The van der Waals surface area contributed by atoms with Crippen LogP contribution in [0.5, 0.6) is 0 Å². The Morgan fingerprint density at radius 2 is 2.00 bits per heavy atom. The molecular formula is C8H13ClN2. The first-order valence-electron chi connectivity index (χ1n) is 3.28. The molecule has 0 saturated heterocycles. The molecule has 0 aliphatic rings. The summed E-state index contributed by atoms with van der Waals surface area (Å²) >= 11 is 0. The van der Waals surface area contributed by atoms with Crippen molar-refractivity contribution in [3.8, 4) is 0 Å². The lowest BCUT2D eigenvalue weighted by Gasteiger charge is -2.03. The summed E-state index contributed by atoms with van der Waals surface area (Å²) < 4.78 is 0. The Kier molecular flexibility index (Phi) is 3.76. The predicted molar refractivity (Wildman–Crippen MR) is 52.4 cm³/mol. The van der Waals surface area contributed by atoms with Crippen molar-refractivity contribution in [2.45, 2.75) is 6.92 Å². The maximum absolute atomic E-state index is 5.67. The van der Waals surface area contributed by atoms with Crippen molar-refractivity contribution in [3.63, 3.8) is 0 Å². The SMILES string of the molecule is CNc1ccc(C)cc1N.Cl. The number of benzene rings is 1. The number of nitrogen functional groups attached to an aromatic ring is 1. The van der Waals surface area contributed by atoms with Gasteiger partial charge in [0.1, 0.15) is 0 Å². The number of anilines is 2. The lowest BCUT2D eigenvalue weighted by molar-refractivity contribution is 1.44. The van der Waals surface area contributed by atoms with Crippen molar-refractivity contribution in [2.75, 3.05) is 18.1 Å². The summed E-state index contributed by atoms with van der Waals surface area (Å²) in [6.07, 6.45) is 0. The van der Waals surface area contributed by atoms with Crippen LogP contribution in [0.25, 0.3) is 0 Å². The first-order chi connectivity index (χ1) is 4.74. The van der Waals surface area contributed by atoms with E-state index in [4.69, 9.17) is 5.73 Å². The number of aryl methyl sites for hydroxylation is 1. The van der Waals surface area contributed by atoms with Gasteiger partial charge in [-0.05, 0) is 24.6 Å². The average Bonchev–Trinajstić information content (AvgIpc) is 1.88. The smallest absolute Gasteiger partial charge is 0.0571 e. The zero-order chi connectivity index (χ0) is 7.56. The summed E-state index contributed by atoms with van der Waals surface area (Å²) in [4.78, 5) is 0. The van der Waals surface area contributed by atoms with Crippen LogP contribution >= 0.6 is 12.4 Å². The van der Waals surface area contributed by atoms with Crippen molar-refractivity contribution in [1.82, 2.24) is 0 Å². The van der Waals surface area contributed by atoms with Gasteiger partial charge in [0.2, 0.25) is 0 Å². The van der Waals surface area contributed by atoms with E-state index in [1.54, 1.807) is 0 Å². The molecule has 0 bridgehead atoms. The number of hydrogen-bond donors (Lipinski definition) is 2. The summed E-state index contributed by atoms with van der Waals surface area (Å²) in [5, 5.41) is 3.00. The number of nitrogens with two attached hydrogens (primary N) is 1. The molecule has 0 unspecified atom stereocenters. The normalized spacial score (nSPS) is 8.55. The van der Waals surface area contributed by atoms with Crippen molar-refractivity contribution in [2.24, 2.45) is 0 Å². The van der Waals surface area contributed by atoms with E-state index in [1.807, 2.05) is 32.2 Å². The average molecular weight is 173 g/mol. The van der Waals surface area contributed by atoms with Gasteiger partial charge < -0.3 is 11.1 Å². The molecule has 0 heterocycles. The predicted octanol–water partition coefficient (Wildman–Crippen LogP) is 2.04. The summed E-state index contributed by atoms with van der Waals surface area (Å²) in [5.41, 5.74) is 8.66. The Morgan fingerprint density at radius 1 is 1.36 bits per heavy atom. The zero-order valence-electron chi connectivity index (χ0n) is 6.72. The highest BCUT2D eigenvalue weighted by atomic mass is 35.5. The fourth-order valence-corrected chi connectivity index (χ4v) is 0.910. The molecule has 0 aromatic heterocycles. The molecule has 0 aliphatic heterocycles. The maximum Gasteiger partial charge on any atom is 0.0571 e. The lowest BCUT2D eigenvalue weighted by atomic mass is 10.2. The Labute approximate surface area is 73.2 Å². The van der Waals surface area contributed by atoms with E-state index in [0.717, 1.165) is 11.4 Å². The van der Waals surface area contributed by atoms with Gasteiger partial charge in [-0.2, -0.15) is 0 Å². The van der Waals surface area contributed by atoms with E-state index in [2.05, 4.69) is 5.32 Å². The van der Waals surface area contributed by atoms with Crippen LogP contribution in [0.1, 0.15) is 5.56 Å². The Hall–Kier alpha value is -0.890. The molecule has 0 saturated carbocycles. The van der Waals surface area contributed by atoms with Gasteiger partial charge in [0, 0.05) is 7.05 Å². The lowest BCUT2D eigenvalue weighted by Crippen LogP contribution is -1.95. The molecule has 3 N–H and O–H groups in total. The van der Waals surface area contributed by atoms with Crippen LogP contribution in [0.15, 0.2) is 18.2 Å². The summed E-state index contributed by atoms with van der Waals surface area (Å²) in [7, 11) is 1.86. The molecule has 2 nitrogen and oxygen atoms in total. The van der Waals surface area contributed by atoms with Crippen LogP contribution in [0.2, 0.25) is 0 Å². The third-order valence-electron chi connectivity index (χ3n) is 1.48. The second-order valence-electron chi connectivity index (χ2n) is 2.34. The van der Waals surface area contributed by atoms with Gasteiger partial charge in [-0.15, -0.1) is 12.4 Å². The Bertz CT molecular complexity index is 236. The summed E-state index contributed by atoms with van der Waals surface area (Å²) in [5.74, 6) is 0. The van der Waals surface area contributed by atoms with E-state index < -0.39 is 0 Å². The van der Waals surface area contributed by atoms with Crippen molar-refractivity contribution in [1.29, 1.82) is 0 Å².